The summed E-state index contributed by atoms with van der Waals surface area (Å²) in [5, 5.41) is 12.3. The minimum atomic E-state index is -0.156. The lowest BCUT2D eigenvalue weighted by Gasteiger charge is -2.03. The fraction of sp³-hybridized carbons (Fsp3) is 0.100. The van der Waals surface area contributed by atoms with Crippen molar-refractivity contribution in [1.29, 1.82) is 0 Å². The maximum Gasteiger partial charge on any atom is 0.260 e. The molecule has 4 heterocycles. The van der Waals surface area contributed by atoms with E-state index in [2.05, 4.69) is 20.2 Å². The summed E-state index contributed by atoms with van der Waals surface area (Å²) in [6, 6.07) is 11.1. The maximum atomic E-state index is 12.8. The third-order valence-electron chi connectivity index (χ3n) is 4.56. The zero-order valence-corrected chi connectivity index (χ0v) is 18.0. The molecule has 0 amide bonds. The lowest BCUT2D eigenvalue weighted by molar-refractivity contribution is 0.572. The normalized spacial score (nSPS) is 11.4. The van der Waals surface area contributed by atoms with Crippen molar-refractivity contribution in [2.24, 2.45) is 7.05 Å². The summed E-state index contributed by atoms with van der Waals surface area (Å²) in [5.41, 5.74) is 1.64. The SMILES string of the molecule is Cn1c(SCc2nc3scc(-c4ccc(Cl)cc4)c3c(=O)[nH]2)nnc1-c1ccco1. The smallest absolute Gasteiger partial charge is 0.260 e. The molecule has 0 radical (unpaired) electrons. The molecule has 30 heavy (non-hydrogen) atoms. The molecule has 10 heteroatoms. The predicted octanol–water partition coefficient (Wildman–Crippen LogP) is 4.99. The van der Waals surface area contributed by atoms with Gasteiger partial charge in [-0.3, -0.25) is 4.79 Å². The molecular formula is C20H14ClN5O2S2. The Bertz CT molecular complexity index is 1390. The minimum absolute atomic E-state index is 0.156. The van der Waals surface area contributed by atoms with Crippen LogP contribution in [0.4, 0.5) is 0 Å². The Morgan fingerprint density at radius 1 is 1.23 bits per heavy atom. The molecule has 0 spiro atoms. The van der Waals surface area contributed by atoms with Gasteiger partial charge in [-0.05, 0) is 29.8 Å². The van der Waals surface area contributed by atoms with Gasteiger partial charge in [0.1, 0.15) is 10.7 Å². The van der Waals surface area contributed by atoms with Crippen LogP contribution in [0.2, 0.25) is 5.02 Å². The average molecular weight is 456 g/mol. The molecule has 0 saturated carbocycles. The van der Waals surface area contributed by atoms with Crippen LogP contribution in [0.1, 0.15) is 5.82 Å². The van der Waals surface area contributed by atoms with Gasteiger partial charge in [-0.15, -0.1) is 21.5 Å². The highest BCUT2D eigenvalue weighted by Crippen LogP contribution is 2.32. The van der Waals surface area contributed by atoms with Crippen molar-refractivity contribution in [3.8, 4) is 22.7 Å². The highest BCUT2D eigenvalue weighted by Gasteiger charge is 2.16. The van der Waals surface area contributed by atoms with Gasteiger partial charge in [0.05, 0.1) is 17.4 Å². The predicted molar refractivity (Wildman–Crippen MR) is 119 cm³/mol. The van der Waals surface area contributed by atoms with Gasteiger partial charge in [0.2, 0.25) is 0 Å². The number of furan rings is 1. The summed E-state index contributed by atoms with van der Waals surface area (Å²) in [4.78, 5) is 21.0. The van der Waals surface area contributed by atoms with E-state index in [1.54, 1.807) is 12.3 Å². The Kier molecular flexibility index (Phi) is 4.93. The highest BCUT2D eigenvalue weighted by molar-refractivity contribution is 7.98. The van der Waals surface area contributed by atoms with E-state index >= 15 is 0 Å². The van der Waals surface area contributed by atoms with E-state index in [0.29, 0.717) is 43.6 Å². The average Bonchev–Trinajstić information content (AvgIpc) is 3.47. The Hall–Kier alpha value is -2.88. The summed E-state index contributed by atoms with van der Waals surface area (Å²) in [6.07, 6.45) is 1.60. The van der Waals surface area contributed by atoms with Crippen molar-refractivity contribution >= 4 is 44.9 Å². The molecule has 0 fully saturated rings. The number of benzene rings is 1. The van der Waals surface area contributed by atoms with Gasteiger partial charge < -0.3 is 14.0 Å². The van der Waals surface area contributed by atoms with Crippen LogP contribution in [0, 0.1) is 0 Å². The molecule has 0 unspecified atom stereocenters. The molecule has 150 valence electrons. The molecule has 1 N–H and O–H groups in total. The number of thioether (sulfide) groups is 1. The summed E-state index contributed by atoms with van der Waals surface area (Å²) in [6.45, 7) is 0. The van der Waals surface area contributed by atoms with Crippen molar-refractivity contribution < 1.29 is 4.42 Å². The number of hydrogen-bond donors (Lipinski definition) is 1. The minimum Gasteiger partial charge on any atom is -0.461 e. The standard InChI is InChI=1S/C20H14ClN5O2S2/c1-26-17(14-3-2-8-28-14)24-25-20(26)30-10-15-22-18(27)16-13(9-29-19(16)23-15)11-4-6-12(21)7-5-11/h2-9H,10H2,1H3,(H,22,23,27). The second-order valence-corrected chi connectivity index (χ2v) is 8.72. The van der Waals surface area contributed by atoms with Gasteiger partial charge in [-0.2, -0.15) is 0 Å². The number of rotatable bonds is 5. The number of aromatic nitrogens is 5. The summed E-state index contributed by atoms with van der Waals surface area (Å²) in [7, 11) is 1.87. The second kappa shape index (κ2) is 7.75. The maximum absolute atomic E-state index is 12.8. The van der Waals surface area contributed by atoms with Gasteiger partial charge in [0.25, 0.3) is 5.56 Å². The number of fused-ring (bicyclic) bond motifs is 1. The van der Waals surface area contributed by atoms with Crippen molar-refractivity contribution in [1.82, 2.24) is 24.7 Å². The Morgan fingerprint density at radius 2 is 2.07 bits per heavy atom. The van der Waals surface area contributed by atoms with Gasteiger partial charge in [-0.25, -0.2) is 4.98 Å². The molecule has 0 atom stereocenters. The second-order valence-electron chi connectivity index (χ2n) is 6.48. The number of halogens is 1. The zero-order chi connectivity index (χ0) is 20.7. The highest BCUT2D eigenvalue weighted by atomic mass is 35.5. The first-order valence-electron chi connectivity index (χ1n) is 8.92. The summed E-state index contributed by atoms with van der Waals surface area (Å²) < 4.78 is 7.24. The molecular weight excluding hydrogens is 442 g/mol. The van der Waals surface area contributed by atoms with E-state index in [0.717, 1.165) is 11.1 Å². The van der Waals surface area contributed by atoms with E-state index in [1.165, 1.54) is 23.1 Å². The van der Waals surface area contributed by atoms with Crippen LogP contribution < -0.4 is 5.56 Å². The largest absolute Gasteiger partial charge is 0.461 e. The van der Waals surface area contributed by atoms with Crippen LogP contribution in [0.15, 0.2) is 62.4 Å². The Morgan fingerprint density at radius 3 is 2.83 bits per heavy atom. The van der Waals surface area contributed by atoms with Crippen LogP contribution in [0.3, 0.4) is 0 Å². The number of H-pyrrole nitrogens is 1. The third-order valence-corrected chi connectivity index (χ3v) is 6.72. The molecule has 0 aliphatic carbocycles. The lowest BCUT2D eigenvalue weighted by Crippen LogP contribution is -2.10. The molecule has 4 aromatic heterocycles. The quantitative estimate of drug-likeness (QED) is 0.376. The Balaban J connectivity index is 1.41. The summed E-state index contributed by atoms with van der Waals surface area (Å²) in [5.74, 6) is 2.34. The van der Waals surface area contributed by atoms with Gasteiger partial charge in [-0.1, -0.05) is 35.5 Å². The molecule has 7 nitrogen and oxygen atoms in total. The van der Waals surface area contributed by atoms with Crippen LogP contribution in [-0.2, 0) is 12.8 Å². The molecule has 1 aromatic carbocycles. The fourth-order valence-corrected chi connectivity index (χ4v) is 4.97. The van der Waals surface area contributed by atoms with E-state index in [1.807, 2.05) is 47.3 Å². The molecule has 5 rings (SSSR count). The van der Waals surface area contributed by atoms with Crippen molar-refractivity contribution in [3.05, 3.63) is 69.2 Å². The lowest BCUT2D eigenvalue weighted by atomic mass is 10.1. The molecule has 0 aliphatic heterocycles. The number of aromatic amines is 1. The van der Waals surface area contributed by atoms with Crippen LogP contribution >= 0.6 is 34.7 Å². The number of nitrogens with one attached hydrogen (secondary N) is 1. The first-order chi connectivity index (χ1) is 14.6. The van der Waals surface area contributed by atoms with E-state index in [9.17, 15) is 4.79 Å². The van der Waals surface area contributed by atoms with Crippen molar-refractivity contribution in [2.45, 2.75) is 10.9 Å². The molecule has 0 saturated heterocycles. The molecule has 5 aromatic rings. The molecule has 0 bridgehead atoms. The van der Waals surface area contributed by atoms with Crippen LogP contribution in [-0.4, -0.2) is 24.7 Å². The first-order valence-corrected chi connectivity index (χ1v) is 11.2. The fourth-order valence-electron chi connectivity index (χ4n) is 3.10. The monoisotopic (exact) mass is 455 g/mol. The van der Waals surface area contributed by atoms with E-state index in [-0.39, 0.29) is 5.56 Å². The number of nitrogens with zero attached hydrogens (tertiary/aromatic N) is 4. The zero-order valence-electron chi connectivity index (χ0n) is 15.6. The first kappa shape index (κ1) is 19.1. The Labute approximate surface area is 183 Å². The van der Waals surface area contributed by atoms with E-state index < -0.39 is 0 Å². The van der Waals surface area contributed by atoms with Crippen LogP contribution in [0.25, 0.3) is 32.9 Å². The van der Waals surface area contributed by atoms with Gasteiger partial charge >= 0.3 is 0 Å². The summed E-state index contributed by atoms with van der Waals surface area (Å²) >= 11 is 8.87. The topological polar surface area (TPSA) is 89.6 Å². The van der Waals surface area contributed by atoms with Crippen molar-refractivity contribution in [3.63, 3.8) is 0 Å². The molecule has 0 aliphatic rings. The van der Waals surface area contributed by atoms with Crippen LogP contribution in [0.5, 0.6) is 0 Å². The number of thiophene rings is 1. The third kappa shape index (κ3) is 3.45. The van der Waals surface area contributed by atoms with E-state index in [4.69, 9.17) is 16.0 Å². The van der Waals surface area contributed by atoms with Crippen molar-refractivity contribution in [2.75, 3.05) is 0 Å². The van der Waals surface area contributed by atoms with Gasteiger partial charge in [0, 0.05) is 23.0 Å². The number of hydrogen-bond acceptors (Lipinski definition) is 7. The van der Waals surface area contributed by atoms with Gasteiger partial charge in [0.15, 0.2) is 16.7 Å².